The molecule has 0 spiro atoms. The van der Waals surface area contributed by atoms with Crippen molar-refractivity contribution in [2.45, 2.75) is 96.8 Å². The number of hydrogen-bond donors (Lipinski definition) is 0. The van der Waals surface area contributed by atoms with Crippen LogP contribution in [0.1, 0.15) is 96.8 Å². The van der Waals surface area contributed by atoms with E-state index in [-0.39, 0.29) is 0 Å². The first-order valence-corrected chi connectivity index (χ1v) is 10.00. The Balaban J connectivity index is 2.90. The molecule has 20 heavy (non-hydrogen) atoms. The van der Waals surface area contributed by atoms with Crippen molar-refractivity contribution in [3.63, 3.8) is 0 Å². The van der Waals surface area contributed by atoms with Crippen LogP contribution < -0.4 is 0 Å². The molecule has 2 heteroatoms. The minimum atomic E-state index is 0.554. The Labute approximate surface area is 131 Å². The Morgan fingerprint density at radius 3 is 1.45 bits per heavy atom. The molecular formula is C18H35OS. The number of carbonyl (C=O) groups excluding carboxylic acids is 1. The molecule has 0 aromatic heterocycles. The molecule has 0 bridgehead atoms. The minimum absolute atomic E-state index is 0.554. The van der Waals surface area contributed by atoms with E-state index in [0.717, 1.165) is 5.75 Å². The number of unbranched alkanes of at least 4 members (excludes halogenated alkanes) is 13. The summed E-state index contributed by atoms with van der Waals surface area (Å²) in [5, 5.41) is 0. The van der Waals surface area contributed by atoms with Gasteiger partial charge in [0.1, 0.15) is 0 Å². The van der Waals surface area contributed by atoms with Gasteiger partial charge in [0.05, 0.1) is 5.75 Å². The van der Waals surface area contributed by atoms with Crippen LogP contribution in [0.25, 0.3) is 0 Å². The molecule has 0 rings (SSSR count). The fourth-order valence-corrected chi connectivity index (χ4v) is 3.15. The van der Waals surface area contributed by atoms with Crippen LogP contribution in [-0.2, 0) is 4.79 Å². The zero-order chi connectivity index (χ0) is 14.7. The van der Waals surface area contributed by atoms with Crippen molar-refractivity contribution in [3.8, 4) is 0 Å². The topological polar surface area (TPSA) is 17.1 Å². The lowest BCUT2D eigenvalue weighted by atomic mass is 10.0. The summed E-state index contributed by atoms with van der Waals surface area (Å²) in [7, 11) is 0. The molecule has 0 saturated heterocycles. The minimum Gasteiger partial charge on any atom is -0.290 e. The van der Waals surface area contributed by atoms with Crippen molar-refractivity contribution in [2.24, 2.45) is 0 Å². The van der Waals surface area contributed by atoms with Gasteiger partial charge in [0.15, 0.2) is 0 Å². The van der Waals surface area contributed by atoms with Crippen LogP contribution in [0, 0.1) is 0 Å². The number of thioether (sulfide) groups is 1. The molecule has 119 valence electrons. The van der Waals surface area contributed by atoms with Gasteiger partial charge in [-0.25, -0.2) is 0 Å². The number of hydrogen-bond acceptors (Lipinski definition) is 2. The monoisotopic (exact) mass is 299 g/mol. The lowest BCUT2D eigenvalue weighted by Crippen LogP contribution is -1.86. The van der Waals surface area contributed by atoms with Crippen molar-refractivity contribution >= 4 is 18.0 Å². The summed E-state index contributed by atoms with van der Waals surface area (Å²) < 4.78 is 0. The Kier molecular flexibility index (Phi) is 19.0. The van der Waals surface area contributed by atoms with Crippen LogP contribution in [0.15, 0.2) is 0 Å². The molecule has 0 unspecified atom stereocenters. The predicted molar refractivity (Wildman–Crippen MR) is 93.3 cm³/mol. The van der Waals surface area contributed by atoms with Crippen LogP contribution in [0.3, 0.4) is 0 Å². The quantitative estimate of drug-likeness (QED) is 0.293. The zero-order valence-corrected chi connectivity index (χ0v) is 14.4. The summed E-state index contributed by atoms with van der Waals surface area (Å²) in [6, 6.07) is 0. The maximum absolute atomic E-state index is 10.0. The average Bonchev–Trinajstić information content (AvgIpc) is 2.47. The molecule has 0 aliphatic carbocycles. The van der Waals surface area contributed by atoms with E-state index in [0.29, 0.717) is 5.75 Å². The van der Waals surface area contributed by atoms with E-state index in [4.69, 9.17) is 0 Å². The van der Waals surface area contributed by atoms with Gasteiger partial charge in [-0.1, -0.05) is 90.4 Å². The first-order chi connectivity index (χ1) is 9.91. The van der Waals surface area contributed by atoms with Gasteiger partial charge >= 0.3 is 0 Å². The molecule has 1 radical (unpaired) electrons. The van der Waals surface area contributed by atoms with Crippen LogP contribution in [-0.4, -0.2) is 17.8 Å². The van der Waals surface area contributed by atoms with Gasteiger partial charge in [-0.05, 0) is 12.2 Å². The summed E-state index contributed by atoms with van der Waals surface area (Å²) in [6.45, 7) is 2.28. The highest BCUT2D eigenvalue weighted by molar-refractivity contribution is 7.99. The third-order valence-corrected chi connectivity index (χ3v) is 4.70. The van der Waals surface area contributed by atoms with E-state index < -0.39 is 0 Å². The molecule has 0 aliphatic heterocycles. The molecule has 0 atom stereocenters. The lowest BCUT2D eigenvalue weighted by molar-refractivity contribution is 0.538. The largest absolute Gasteiger partial charge is 0.290 e. The van der Waals surface area contributed by atoms with Gasteiger partial charge in [0.2, 0.25) is 6.29 Å². The predicted octanol–water partition coefficient (Wildman–Crippen LogP) is 6.31. The van der Waals surface area contributed by atoms with Gasteiger partial charge < -0.3 is 0 Å². The molecule has 0 saturated carbocycles. The van der Waals surface area contributed by atoms with Gasteiger partial charge in [-0.2, -0.15) is 11.8 Å². The van der Waals surface area contributed by atoms with E-state index in [1.807, 2.05) is 6.29 Å². The first-order valence-electron chi connectivity index (χ1n) is 8.84. The van der Waals surface area contributed by atoms with Gasteiger partial charge in [-0.15, -0.1) is 0 Å². The molecule has 0 aromatic rings. The van der Waals surface area contributed by atoms with Gasteiger partial charge in [0.25, 0.3) is 0 Å². The van der Waals surface area contributed by atoms with E-state index in [1.165, 1.54) is 89.9 Å². The van der Waals surface area contributed by atoms with Gasteiger partial charge in [-0.3, -0.25) is 4.79 Å². The molecule has 0 fully saturated rings. The van der Waals surface area contributed by atoms with Gasteiger partial charge in [0, 0.05) is 0 Å². The number of rotatable bonds is 17. The van der Waals surface area contributed by atoms with E-state index in [1.54, 1.807) is 11.8 Å². The van der Waals surface area contributed by atoms with Crippen LogP contribution in [0.2, 0.25) is 0 Å². The van der Waals surface area contributed by atoms with E-state index >= 15 is 0 Å². The molecule has 0 aromatic carbocycles. The average molecular weight is 300 g/mol. The van der Waals surface area contributed by atoms with Crippen molar-refractivity contribution < 1.29 is 4.79 Å². The Morgan fingerprint density at radius 1 is 0.650 bits per heavy atom. The van der Waals surface area contributed by atoms with E-state index in [2.05, 4.69) is 6.92 Å². The zero-order valence-electron chi connectivity index (χ0n) is 13.6. The summed E-state index contributed by atoms with van der Waals surface area (Å²) >= 11 is 1.71. The van der Waals surface area contributed by atoms with Crippen LogP contribution in [0.5, 0.6) is 0 Å². The fourth-order valence-electron chi connectivity index (χ4n) is 2.51. The smallest absolute Gasteiger partial charge is 0.209 e. The summed E-state index contributed by atoms with van der Waals surface area (Å²) in [5.41, 5.74) is 0. The maximum Gasteiger partial charge on any atom is 0.209 e. The normalized spacial score (nSPS) is 10.8. The maximum atomic E-state index is 10.0. The Morgan fingerprint density at radius 2 is 1.05 bits per heavy atom. The van der Waals surface area contributed by atoms with Crippen molar-refractivity contribution in [2.75, 3.05) is 11.5 Å². The SMILES string of the molecule is CCCCCCCCCCCCCCCCSC[C]=O. The van der Waals surface area contributed by atoms with Crippen LogP contribution in [0.4, 0.5) is 0 Å². The molecule has 1 nitrogen and oxygen atoms in total. The first kappa shape index (κ1) is 20.0. The highest BCUT2D eigenvalue weighted by Gasteiger charge is 1.94. The molecular weight excluding hydrogens is 264 g/mol. The fraction of sp³-hybridized carbons (Fsp3) is 0.944. The Bertz CT molecular complexity index is 182. The third-order valence-electron chi connectivity index (χ3n) is 3.80. The van der Waals surface area contributed by atoms with Crippen LogP contribution >= 0.6 is 11.8 Å². The second-order valence-corrected chi connectivity index (χ2v) is 6.90. The summed E-state index contributed by atoms with van der Waals surface area (Å²) in [5.74, 6) is 1.69. The van der Waals surface area contributed by atoms with E-state index in [9.17, 15) is 4.79 Å². The highest BCUT2D eigenvalue weighted by atomic mass is 32.2. The van der Waals surface area contributed by atoms with Crippen molar-refractivity contribution in [1.82, 2.24) is 0 Å². The standard InChI is InChI=1S/C18H35OS/c1-2-3-4-5-6-7-8-9-10-11-12-13-14-15-17-20-18-16-19/h2-15,17-18H2,1H3. The third kappa shape index (κ3) is 18.0. The lowest BCUT2D eigenvalue weighted by Gasteiger charge is -2.03. The molecule has 0 aliphatic rings. The second-order valence-electron chi connectivity index (χ2n) is 5.79. The van der Waals surface area contributed by atoms with Crippen molar-refractivity contribution in [3.05, 3.63) is 0 Å². The summed E-state index contributed by atoms with van der Waals surface area (Å²) in [6.07, 6.45) is 21.6. The van der Waals surface area contributed by atoms with Crippen molar-refractivity contribution in [1.29, 1.82) is 0 Å². The second kappa shape index (κ2) is 19.0. The Hall–Kier alpha value is 0.0200. The molecule has 0 heterocycles. The molecule has 0 N–H and O–H groups in total. The molecule has 0 amide bonds. The summed E-state index contributed by atoms with van der Waals surface area (Å²) in [4.78, 5) is 10.0. The highest BCUT2D eigenvalue weighted by Crippen LogP contribution is 2.13.